The van der Waals surface area contributed by atoms with Gasteiger partial charge in [0.15, 0.2) is 0 Å². The van der Waals surface area contributed by atoms with Crippen LogP contribution in [0.3, 0.4) is 0 Å². The van der Waals surface area contributed by atoms with E-state index in [1.807, 2.05) is 0 Å². The van der Waals surface area contributed by atoms with E-state index in [4.69, 9.17) is 5.11 Å². The Morgan fingerprint density at radius 2 is 1.80 bits per heavy atom. The van der Waals surface area contributed by atoms with Gasteiger partial charge in [-0.1, -0.05) is 0 Å². The summed E-state index contributed by atoms with van der Waals surface area (Å²) in [5.41, 5.74) is -0.544. The molecule has 0 radical (unpaired) electrons. The van der Waals surface area contributed by atoms with Crippen molar-refractivity contribution in [3.05, 3.63) is 11.1 Å². The highest BCUT2D eigenvalue weighted by atomic mass is 19.1. The van der Waals surface area contributed by atoms with E-state index in [9.17, 15) is 13.6 Å². The number of aliphatic carboxylic acids is 1. The van der Waals surface area contributed by atoms with Gasteiger partial charge in [-0.2, -0.15) is 0 Å². The molecular formula is C6H8F2O2. The Balaban J connectivity index is 4.43. The summed E-state index contributed by atoms with van der Waals surface area (Å²) in [4.78, 5) is 10.1. The summed E-state index contributed by atoms with van der Waals surface area (Å²) < 4.78 is 23.4. The summed E-state index contributed by atoms with van der Waals surface area (Å²) in [7, 11) is 0. The lowest BCUT2D eigenvalue weighted by atomic mass is 10.2. The summed E-state index contributed by atoms with van der Waals surface area (Å²) in [5, 5.41) is 8.22. The van der Waals surface area contributed by atoms with Gasteiger partial charge in [-0.05, 0) is 6.92 Å². The molecule has 0 aromatic carbocycles. The van der Waals surface area contributed by atoms with Gasteiger partial charge in [0.1, 0.15) is 13.3 Å². The highest BCUT2D eigenvalue weighted by Gasteiger charge is 2.07. The van der Waals surface area contributed by atoms with Crippen LogP contribution < -0.4 is 0 Å². The molecule has 0 heterocycles. The molecule has 0 aliphatic heterocycles. The highest BCUT2D eigenvalue weighted by Crippen LogP contribution is 2.05. The Labute approximate surface area is 57.2 Å². The molecule has 0 saturated heterocycles. The summed E-state index contributed by atoms with van der Waals surface area (Å²) >= 11 is 0. The Bertz CT molecular complexity index is 157. The van der Waals surface area contributed by atoms with Crippen molar-refractivity contribution >= 4 is 5.97 Å². The predicted molar refractivity (Wildman–Crippen MR) is 32.3 cm³/mol. The smallest absolute Gasteiger partial charge is 0.331 e. The molecule has 0 aliphatic carbocycles. The van der Waals surface area contributed by atoms with Crippen molar-refractivity contribution in [1.82, 2.24) is 0 Å². The van der Waals surface area contributed by atoms with E-state index < -0.39 is 19.3 Å². The summed E-state index contributed by atoms with van der Waals surface area (Å²) in [6, 6.07) is 0. The van der Waals surface area contributed by atoms with Crippen molar-refractivity contribution in [2.75, 3.05) is 13.3 Å². The van der Waals surface area contributed by atoms with E-state index >= 15 is 0 Å². The third-order valence-corrected chi connectivity index (χ3v) is 1.17. The molecule has 0 unspecified atom stereocenters. The van der Waals surface area contributed by atoms with Crippen LogP contribution in [0.4, 0.5) is 8.78 Å². The first-order chi connectivity index (χ1) is 4.63. The Morgan fingerprint density at radius 1 is 1.40 bits per heavy atom. The maximum Gasteiger partial charge on any atom is 0.331 e. The van der Waals surface area contributed by atoms with Crippen LogP contribution in [0.25, 0.3) is 0 Å². The zero-order valence-corrected chi connectivity index (χ0v) is 5.53. The summed E-state index contributed by atoms with van der Waals surface area (Å²) in [5.74, 6) is -1.27. The van der Waals surface area contributed by atoms with Crippen molar-refractivity contribution in [1.29, 1.82) is 0 Å². The van der Waals surface area contributed by atoms with Gasteiger partial charge in [-0.15, -0.1) is 0 Å². The third-order valence-electron chi connectivity index (χ3n) is 1.17. The second-order valence-corrected chi connectivity index (χ2v) is 1.80. The minimum Gasteiger partial charge on any atom is -0.478 e. The Hall–Kier alpha value is -0.930. The van der Waals surface area contributed by atoms with Crippen LogP contribution in [0.2, 0.25) is 0 Å². The second kappa shape index (κ2) is 3.98. The number of rotatable bonds is 3. The van der Waals surface area contributed by atoms with Gasteiger partial charge < -0.3 is 5.11 Å². The lowest BCUT2D eigenvalue weighted by Gasteiger charge is -1.98. The number of allylic oxidation sites excluding steroid dienone is 1. The standard InChI is InChI=1S/C6H8F2O2/c1-4(6(9)10)5(2-7)3-8/h2-3H2,1H3,(H,9,10). The van der Waals surface area contributed by atoms with E-state index in [1.54, 1.807) is 0 Å². The first-order valence-electron chi connectivity index (χ1n) is 2.67. The number of halogens is 2. The molecule has 0 aromatic heterocycles. The van der Waals surface area contributed by atoms with Crippen molar-refractivity contribution in [3.63, 3.8) is 0 Å². The topological polar surface area (TPSA) is 37.3 Å². The fourth-order valence-corrected chi connectivity index (χ4v) is 0.387. The molecule has 1 N–H and O–H groups in total. The third kappa shape index (κ3) is 2.13. The average Bonchev–Trinajstić information content (AvgIpc) is 1.90. The first kappa shape index (κ1) is 9.07. The van der Waals surface area contributed by atoms with Crippen LogP contribution in [-0.4, -0.2) is 24.4 Å². The van der Waals surface area contributed by atoms with Crippen LogP contribution in [0.1, 0.15) is 6.92 Å². The minimum atomic E-state index is -1.27. The average molecular weight is 150 g/mol. The lowest BCUT2D eigenvalue weighted by molar-refractivity contribution is -0.132. The molecule has 0 aliphatic rings. The monoisotopic (exact) mass is 150 g/mol. The van der Waals surface area contributed by atoms with E-state index in [0.717, 1.165) is 0 Å². The molecule has 10 heavy (non-hydrogen) atoms. The van der Waals surface area contributed by atoms with Gasteiger partial charge in [-0.3, -0.25) is 0 Å². The molecule has 0 saturated carbocycles. The maximum absolute atomic E-state index is 11.7. The van der Waals surface area contributed by atoms with Gasteiger partial charge in [0.2, 0.25) is 0 Å². The predicted octanol–water partition coefficient (Wildman–Crippen LogP) is 1.33. The van der Waals surface area contributed by atoms with Crippen molar-refractivity contribution in [2.24, 2.45) is 0 Å². The van der Waals surface area contributed by atoms with Crippen LogP contribution in [0.15, 0.2) is 11.1 Å². The SMILES string of the molecule is CC(C(=O)O)=C(CF)CF. The highest BCUT2D eigenvalue weighted by molar-refractivity contribution is 5.86. The molecule has 4 heteroatoms. The van der Waals surface area contributed by atoms with Gasteiger partial charge in [-0.25, -0.2) is 13.6 Å². The van der Waals surface area contributed by atoms with Crippen LogP contribution >= 0.6 is 0 Å². The fraction of sp³-hybridized carbons (Fsp3) is 0.500. The van der Waals surface area contributed by atoms with Gasteiger partial charge >= 0.3 is 5.97 Å². The van der Waals surface area contributed by atoms with Gasteiger partial charge in [0.05, 0.1) is 0 Å². The minimum absolute atomic E-state index is 0.245. The van der Waals surface area contributed by atoms with E-state index in [1.165, 1.54) is 6.92 Å². The molecule has 0 aromatic rings. The zero-order valence-electron chi connectivity index (χ0n) is 5.53. The number of hydrogen-bond acceptors (Lipinski definition) is 1. The second-order valence-electron chi connectivity index (χ2n) is 1.80. The van der Waals surface area contributed by atoms with Crippen molar-refractivity contribution < 1.29 is 18.7 Å². The summed E-state index contributed by atoms with van der Waals surface area (Å²) in [6.45, 7) is -0.889. The van der Waals surface area contributed by atoms with E-state index in [0.29, 0.717) is 0 Å². The number of hydrogen-bond donors (Lipinski definition) is 1. The van der Waals surface area contributed by atoms with Gasteiger partial charge in [0, 0.05) is 11.1 Å². The number of alkyl halides is 2. The van der Waals surface area contributed by atoms with Crippen molar-refractivity contribution in [2.45, 2.75) is 6.92 Å². The molecule has 0 fully saturated rings. The lowest BCUT2D eigenvalue weighted by Crippen LogP contribution is -2.03. The quantitative estimate of drug-likeness (QED) is 0.616. The molecule has 0 rings (SSSR count). The van der Waals surface area contributed by atoms with E-state index in [2.05, 4.69) is 0 Å². The molecule has 0 atom stereocenters. The van der Waals surface area contributed by atoms with E-state index in [-0.39, 0.29) is 11.1 Å². The number of carbonyl (C=O) groups is 1. The molecular weight excluding hydrogens is 142 g/mol. The molecule has 58 valence electrons. The summed E-state index contributed by atoms with van der Waals surface area (Å²) in [6.07, 6.45) is 0. The first-order valence-corrected chi connectivity index (χ1v) is 2.67. The Morgan fingerprint density at radius 3 is 1.90 bits per heavy atom. The molecule has 2 nitrogen and oxygen atoms in total. The van der Waals surface area contributed by atoms with Crippen LogP contribution in [-0.2, 0) is 4.79 Å². The van der Waals surface area contributed by atoms with Gasteiger partial charge in [0.25, 0.3) is 0 Å². The Kier molecular flexibility index (Phi) is 3.61. The maximum atomic E-state index is 11.7. The number of carboxylic acids is 1. The zero-order chi connectivity index (χ0) is 8.15. The largest absolute Gasteiger partial charge is 0.478 e. The molecule has 0 spiro atoms. The fourth-order valence-electron chi connectivity index (χ4n) is 0.387. The van der Waals surface area contributed by atoms with Crippen molar-refractivity contribution in [3.8, 4) is 0 Å². The normalized spacial score (nSPS) is 9.10. The van der Waals surface area contributed by atoms with Crippen LogP contribution in [0, 0.1) is 0 Å². The molecule has 0 amide bonds. The van der Waals surface area contributed by atoms with Crippen LogP contribution in [0.5, 0.6) is 0 Å². The number of carboxylic acid groups (broad SMARTS) is 1. The molecule has 0 bridgehead atoms.